The SMILES string of the molecule is CCOC(=O)C(CCCOS(=O)(=O)c1ccc(C)cc1)OS(=O)(=O)c1ccc(C)cc1. The van der Waals surface area contributed by atoms with E-state index in [-0.39, 0.29) is 35.8 Å². The molecule has 2 aromatic carbocycles. The van der Waals surface area contributed by atoms with Crippen LogP contribution in [0.25, 0.3) is 0 Å². The third kappa shape index (κ3) is 7.42. The van der Waals surface area contributed by atoms with Gasteiger partial charge in [0, 0.05) is 0 Å². The van der Waals surface area contributed by atoms with Crippen molar-refractivity contribution in [1.82, 2.24) is 0 Å². The Morgan fingerprint density at radius 2 is 1.32 bits per heavy atom. The topological polar surface area (TPSA) is 113 Å². The van der Waals surface area contributed by atoms with Gasteiger partial charge in [-0.1, -0.05) is 35.4 Å². The summed E-state index contributed by atoms with van der Waals surface area (Å²) in [4.78, 5) is 12.1. The van der Waals surface area contributed by atoms with Gasteiger partial charge in [-0.2, -0.15) is 16.8 Å². The molecule has 0 aliphatic heterocycles. The molecule has 2 rings (SSSR count). The number of esters is 1. The fraction of sp³-hybridized carbons (Fsp3) is 0.381. The molecule has 0 amide bonds. The fourth-order valence-corrected chi connectivity index (χ4v) is 4.57. The van der Waals surface area contributed by atoms with E-state index in [4.69, 9.17) is 13.1 Å². The minimum atomic E-state index is -4.21. The predicted molar refractivity (Wildman–Crippen MR) is 113 cm³/mol. The Morgan fingerprint density at radius 1 is 0.839 bits per heavy atom. The summed E-state index contributed by atoms with van der Waals surface area (Å²) in [6.07, 6.45) is -1.47. The number of rotatable bonds is 11. The van der Waals surface area contributed by atoms with E-state index in [1.54, 1.807) is 31.2 Å². The highest BCUT2D eigenvalue weighted by Crippen LogP contribution is 2.19. The van der Waals surface area contributed by atoms with Crippen molar-refractivity contribution in [3.05, 3.63) is 59.7 Å². The molecule has 0 aromatic heterocycles. The van der Waals surface area contributed by atoms with Crippen LogP contribution in [0.1, 0.15) is 30.9 Å². The van der Waals surface area contributed by atoms with Gasteiger partial charge in [-0.15, -0.1) is 0 Å². The highest BCUT2D eigenvalue weighted by Gasteiger charge is 2.28. The van der Waals surface area contributed by atoms with Crippen LogP contribution in [0.4, 0.5) is 0 Å². The van der Waals surface area contributed by atoms with E-state index >= 15 is 0 Å². The van der Waals surface area contributed by atoms with Crippen LogP contribution in [-0.4, -0.2) is 42.1 Å². The summed E-state index contributed by atoms with van der Waals surface area (Å²) in [5, 5.41) is 0. The van der Waals surface area contributed by atoms with Crippen LogP contribution in [0.15, 0.2) is 58.3 Å². The van der Waals surface area contributed by atoms with Crippen molar-refractivity contribution < 1.29 is 34.7 Å². The van der Waals surface area contributed by atoms with E-state index in [0.717, 1.165) is 11.1 Å². The summed E-state index contributed by atoms with van der Waals surface area (Å²) in [6, 6.07) is 12.1. The number of hydrogen-bond donors (Lipinski definition) is 0. The Morgan fingerprint density at radius 3 is 1.81 bits per heavy atom. The first-order valence-corrected chi connectivity index (χ1v) is 12.5. The highest BCUT2D eigenvalue weighted by atomic mass is 32.2. The first-order chi connectivity index (χ1) is 14.5. The molecule has 0 saturated heterocycles. The molecule has 10 heteroatoms. The summed E-state index contributed by atoms with van der Waals surface area (Å²) >= 11 is 0. The maximum atomic E-state index is 12.5. The molecule has 0 bridgehead atoms. The normalized spacial score (nSPS) is 13.0. The van der Waals surface area contributed by atoms with Crippen molar-refractivity contribution >= 4 is 26.2 Å². The molecule has 8 nitrogen and oxygen atoms in total. The smallest absolute Gasteiger partial charge is 0.336 e. The molecule has 31 heavy (non-hydrogen) atoms. The van der Waals surface area contributed by atoms with Crippen molar-refractivity contribution in [2.75, 3.05) is 13.2 Å². The van der Waals surface area contributed by atoms with Crippen LogP contribution in [-0.2, 0) is 38.1 Å². The minimum absolute atomic E-state index is 0.0123. The fourth-order valence-electron chi connectivity index (χ4n) is 2.56. The molecule has 0 aliphatic rings. The van der Waals surface area contributed by atoms with Crippen molar-refractivity contribution in [3.8, 4) is 0 Å². The molecule has 2 aromatic rings. The number of benzene rings is 2. The Kier molecular flexibility index (Phi) is 8.75. The zero-order valence-electron chi connectivity index (χ0n) is 17.6. The molecule has 1 atom stereocenters. The lowest BCUT2D eigenvalue weighted by Crippen LogP contribution is -2.30. The van der Waals surface area contributed by atoms with E-state index < -0.39 is 32.3 Å². The predicted octanol–water partition coefficient (Wildman–Crippen LogP) is 3.13. The summed E-state index contributed by atoms with van der Waals surface area (Å²) < 4.78 is 64.5. The van der Waals surface area contributed by atoms with Gasteiger partial charge < -0.3 is 4.74 Å². The first kappa shape index (κ1) is 25.0. The summed E-state index contributed by atoms with van der Waals surface area (Å²) in [5.74, 6) is -0.848. The van der Waals surface area contributed by atoms with Crippen molar-refractivity contribution in [2.45, 2.75) is 49.5 Å². The van der Waals surface area contributed by atoms with Gasteiger partial charge in [-0.05, 0) is 57.9 Å². The lowest BCUT2D eigenvalue weighted by Gasteiger charge is -2.16. The lowest BCUT2D eigenvalue weighted by atomic mass is 10.2. The van der Waals surface area contributed by atoms with Gasteiger partial charge >= 0.3 is 5.97 Å². The Labute approximate surface area is 183 Å². The molecular formula is C21H26O8S2. The van der Waals surface area contributed by atoms with Crippen LogP contribution < -0.4 is 0 Å². The molecule has 0 saturated carbocycles. The Hall–Kier alpha value is -2.27. The van der Waals surface area contributed by atoms with Crippen LogP contribution in [0.2, 0.25) is 0 Å². The Balaban J connectivity index is 2.02. The van der Waals surface area contributed by atoms with Gasteiger partial charge in [0.05, 0.1) is 23.0 Å². The van der Waals surface area contributed by atoms with Crippen molar-refractivity contribution in [2.24, 2.45) is 0 Å². The maximum absolute atomic E-state index is 12.5. The highest BCUT2D eigenvalue weighted by molar-refractivity contribution is 7.87. The van der Waals surface area contributed by atoms with Crippen molar-refractivity contribution in [3.63, 3.8) is 0 Å². The first-order valence-electron chi connectivity index (χ1n) is 9.68. The molecule has 0 radical (unpaired) electrons. The van der Waals surface area contributed by atoms with E-state index in [1.165, 1.54) is 24.3 Å². The second kappa shape index (κ2) is 10.9. The molecule has 1 unspecified atom stereocenters. The van der Waals surface area contributed by atoms with Gasteiger partial charge in [0.15, 0.2) is 6.10 Å². The summed E-state index contributed by atoms with van der Waals surface area (Å²) in [6.45, 7) is 5.02. The number of aryl methyl sites for hydroxylation is 2. The maximum Gasteiger partial charge on any atom is 0.336 e. The second-order valence-electron chi connectivity index (χ2n) is 6.84. The average molecular weight is 471 g/mol. The lowest BCUT2D eigenvalue weighted by molar-refractivity contribution is -0.151. The summed E-state index contributed by atoms with van der Waals surface area (Å²) in [7, 11) is -8.18. The molecule has 170 valence electrons. The summed E-state index contributed by atoms with van der Waals surface area (Å²) in [5.41, 5.74) is 1.77. The van der Waals surface area contributed by atoms with E-state index in [9.17, 15) is 21.6 Å². The zero-order chi connectivity index (χ0) is 23.1. The van der Waals surface area contributed by atoms with Gasteiger partial charge in [0.1, 0.15) is 0 Å². The van der Waals surface area contributed by atoms with Gasteiger partial charge in [-0.25, -0.2) is 4.79 Å². The second-order valence-corrected chi connectivity index (χ2v) is 10.0. The molecule has 0 fully saturated rings. The number of hydrogen-bond acceptors (Lipinski definition) is 8. The van der Waals surface area contributed by atoms with Crippen molar-refractivity contribution in [1.29, 1.82) is 0 Å². The zero-order valence-corrected chi connectivity index (χ0v) is 19.2. The Bertz CT molecular complexity index is 1070. The van der Waals surface area contributed by atoms with Crippen LogP contribution >= 0.6 is 0 Å². The minimum Gasteiger partial charge on any atom is -0.464 e. The van der Waals surface area contributed by atoms with E-state index in [0.29, 0.717) is 0 Å². The van der Waals surface area contributed by atoms with Gasteiger partial charge in [0.25, 0.3) is 20.2 Å². The third-order valence-corrected chi connectivity index (χ3v) is 6.92. The molecule has 0 heterocycles. The third-order valence-electron chi connectivity index (χ3n) is 4.26. The average Bonchev–Trinajstić information content (AvgIpc) is 2.71. The van der Waals surface area contributed by atoms with Crippen LogP contribution in [0.3, 0.4) is 0 Å². The van der Waals surface area contributed by atoms with Crippen LogP contribution in [0.5, 0.6) is 0 Å². The van der Waals surface area contributed by atoms with Crippen LogP contribution in [0, 0.1) is 13.8 Å². The molecular weight excluding hydrogens is 444 g/mol. The quantitative estimate of drug-likeness (QED) is 0.280. The molecule has 0 aliphatic carbocycles. The van der Waals surface area contributed by atoms with Gasteiger partial charge in [-0.3, -0.25) is 8.37 Å². The number of ether oxygens (including phenoxy) is 1. The molecule has 0 N–H and O–H groups in total. The number of carbonyl (C=O) groups is 1. The number of carbonyl (C=O) groups excluding carboxylic acids is 1. The monoisotopic (exact) mass is 470 g/mol. The standard InChI is InChI=1S/C21H26O8S2/c1-4-27-21(22)20(29-31(25,26)19-13-9-17(3)10-14-19)6-5-15-28-30(23,24)18-11-7-16(2)8-12-18/h7-14,20H,4-6,15H2,1-3H3. The van der Waals surface area contributed by atoms with Gasteiger partial charge in [0.2, 0.25) is 0 Å². The van der Waals surface area contributed by atoms with E-state index in [2.05, 4.69) is 0 Å². The molecule has 0 spiro atoms. The largest absolute Gasteiger partial charge is 0.464 e. The van der Waals surface area contributed by atoms with E-state index in [1.807, 2.05) is 13.8 Å².